The van der Waals surface area contributed by atoms with Crippen molar-refractivity contribution in [1.29, 1.82) is 0 Å². The quantitative estimate of drug-likeness (QED) is 0.633. The first-order chi connectivity index (χ1) is 5.90. The zero-order chi connectivity index (χ0) is 8.39. The second-order valence-electron chi connectivity index (χ2n) is 2.51. The number of aromatic nitrogens is 2. The molecule has 2 nitrogen and oxygen atoms in total. The standard InChI is InChI=1S/C10H8N2/c1-2-9-6-8-4-3-5-11-10(8)7-12-9/h2-7H,1H2. The van der Waals surface area contributed by atoms with Gasteiger partial charge in [0.05, 0.1) is 17.4 Å². The Kier molecular flexibility index (Phi) is 1.59. The highest BCUT2D eigenvalue weighted by atomic mass is 14.7. The number of hydrogen-bond acceptors (Lipinski definition) is 2. The molecule has 0 fully saturated rings. The second-order valence-corrected chi connectivity index (χ2v) is 2.51. The summed E-state index contributed by atoms with van der Waals surface area (Å²) in [7, 11) is 0. The summed E-state index contributed by atoms with van der Waals surface area (Å²) < 4.78 is 0. The van der Waals surface area contributed by atoms with Crippen LogP contribution in [0.3, 0.4) is 0 Å². The first kappa shape index (κ1) is 6.98. The van der Waals surface area contributed by atoms with Crippen molar-refractivity contribution in [1.82, 2.24) is 9.97 Å². The summed E-state index contributed by atoms with van der Waals surface area (Å²) in [6.07, 6.45) is 5.25. The van der Waals surface area contributed by atoms with Gasteiger partial charge >= 0.3 is 0 Å². The molecule has 0 unspecified atom stereocenters. The van der Waals surface area contributed by atoms with Gasteiger partial charge in [-0.25, -0.2) is 0 Å². The van der Waals surface area contributed by atoms with Crippen molar-refractivity contribution in [2.45, 2.75) is 0 Å². The molecule has 0 saturated heterocycles. The Morgan fingerprint density at radius 1 is 1.33 bits per heavy atom. The Hall–Kier alpha value is -1.70. The number of nitrogens with zero attached hydrogens (tertiary/aromatic N) is 2. The smallest absolute Gasteiger partial charge is 0.0885 e. The van der Waals surface area contributed by atoms with E-state index in [0.717, 1.165) is 16.6 Å². The van der Waals surface area contributed by atoms with Gasteiger partial charge in [-0.1, -0.05) is 12.6 Å². The van der Waals surface area contributed by atoms with Crippen molar-refractivity contribution in [2.24, 2.45) is 0 Å². The van der Waals surface area contributed by atoms with E-state index in [9.17, 15) is 0 Å². The zero-order valence-electron chi connectivity index (χ0n) is 6.57. The van der Waals surface area contributed by atoms with Crippen LogP contribution in [-0.4, -0.2) is 9.97 Å². The molecular formula is C10H8N2. The SMILES string of the molecule is C=Cc1cc2cccnc2cn1. The lowest BCUT2D eigenvalue weighted by atomic mass is 10.2. The zero-order valence-corrected chi connectivity index (χ0v) is 6.57. The molecule has 12 heavy (non-hydrogen) atoms. The van der Waals surface area contributed by atoms with E-state index in [4.69, 9.17) is 0 Å². The molecule has 0 aliphatic rings. The van der Waals surface area contributed by atoms with Crippen LogP contribution < -0.4 is 0 Å². The molecule has 0 aliphatic carbocycles. The highest BCUT2D eigenvalue weighted by Gasteiger charge is 1.93. The molecule has 2 aromatic heterocycles. The van der Waals surface area contributed by atoms with E-state index in [1.165, 1.54) is 0 Å². The molecule has 2 heteroatoms. The van der Waals surface area contributed by atoms with Gasteiger partial charge in [-0.3, -0.25) is 9.97 Å². The molecule has 0 bridgehead atoms. The summed E-state index contributed by atoms with van der Waals surface area (Å²) in [6.45, 7) is 3.65. The molecule has 0 aliphatic heterocycles. The first-order valence-electron chi connectivity index (χ1n) is 3.73. The van der Waals surface area contributed by atoms with Gasteiger partial charge < -0.3 is 0 Å². The molecular weight excluding hydrogens is 148 g/mol. The van der Waals surface area contributed by atoms with Crippen molar-refractivity contribution in [3.63, 3.8) is 0 Å². The third-order valence-corrected chi connectivity index (χ3v) is 1.72. The maximum atomic E-state index is 4.16. The maximum absolute atomic E-state index is 4.16. The molecule has 0 saturated carbocycles. The lowest BCUT2D eigenvalue weighted by Gasteiger charge is -1.96. The minimum Gasteiger partial charge on any atom is -0.255 e. The van der Waals surface area contributed by atoms with Crippen molar-refractivity contribution in [2.75, 3.05) is 0 Å². The van der Waals surface area contributed by atoms with Crippen LogP contribution in [0.1, 0.15) is 5.69 Å². The van der Waals surface area contributed by atoms with Crippen molar-refractivity contribution in [3.05, 3.63) is 42.9 Å². The van der Waals surface area contributed by atoms with Crippen molar-refractivity contribution in [3.8, 4) is 0 Å². The molecule has 0 aromatic carbocycles. The molecule has 0 spiro atoms. The number of hydrogen-bond donors (Lipinski definition) is 0. The van der Waals surface area contributed by atoms with Crippen LogP contribution in [0.25, 0.3) is 17.0 Å². The van der Waals surface area contributed by atoms with E-state index >= 15 is 0 Å². The van der Waals surface area contributed by atoms with E-state index in [-0.39, 0.29) is 0 Å². The van der Waals surface area contributed by atoms with E-state index in [2.05, 4.69) is 16.5 Å². The summed E-state index contributed by atoms with van der Waals surface area (Å²) in [4.78, 5) is 8.30. The highest BCUT2D eigenvalue weighted by molar-refractivity contribution is 5.78. The van der Waals surface area contributed by atoms with Gasteiger partial charge in [-0.2, -0.15) is 0 Å². The summed E-state index contributed by atoms with van der Waals surface area (Å²) in [6, 6.07) is 5.89. The summed E-state index contributed by atoms with van der Waals surface area (Å²) in [5.74, 6) is 0. The maximum Gasteiger partial charge on any atom is 0.0885 e. The summed E-state index contributed by atoms with van der Waals surface area (Å²) in [5, 5.41) is 1.10. The predicted molar refractivity (Wildman–Crippen MR) is 49.6 cm³/mol. The van der Waals surface area contributed by atoms with Crippen LogP contribution in [0.4, 0.5) is 0 Å². The molecule has 2 rings (SSSR count). The Bertz CT molecular complexity index is 421. The molecule has 0 radical (unpaired) electrons. The van der Waals surface area contributed by atoms with Crippen molar-refractivity contribution >= 4 is 17.0 Å². The lowest BCUT2D eigenvalue weighted by Crippen LogP contribution is -1.82. The topological polar surface area (TPSA) is 25.8 Å². The highest BCUT2D eigenvalue weighted by Crippen LogP contribution is 2.10. The van der Waals surface area contributed by atoms with Crippen LogP contribution in [0.5, 0.6) is 0 Å². The Labute approximate surface area is 70.6 Å². The third-order valence-electron chi connectivity index (χ3n) is 1.72. The van der Waals surface area contributed by atoms with E-state index in [1.807, 2.05) is 18.2 Å². The monoisotopic (exact) mass is 156 g/mol. The molecule has 0 atom stereocenters. The normalized spacial score (nSPS) is 10.0. The molecule has 2 aromatic rings. The lowest BCUT2D eigenvalue weighted by molar-refractivity contribution is 1.29. The molecule has 0 N–H and O–H groups in total. The number of pyridine rings is 2. The largest absolute Gasteiger partial charge is 0.255 e. The Morgan fingerprint density at radius 3 is 3.08 bits per heavy atom. The third kappa shape index (κ3) is 1.07. The van der Waals surface area contributed by atoms with Gasteiger partial charge in [-0.05, 0) is 18.2 Å². The first-order valence-corrected chi connectivity index (χ1v) is 3.73. The Balaban J connectivity index is 2.75. The predicted octanol–water partition coefficient (Wildman–Crippen LogP) is 2.27. The summed E-state index contributed by atoms with van der Waals surface area (Å²) >= 11 is 0. The van der Waals surface area contributed by atoms with Gasteiger partial charge in [0.25, 0.3) is 0 Å². The van der Waals surface area contributed by atoms with Gasteiger partial charge in [0.2, 0.25) is 0 Å². The molecule has 58 valence electrons. The van der Waals surface area contributed by atoms with E-state index < -0.39 is 0 Å². The van der Waals surface area contributed by atoms with Gasteiger partial charge in [0.1, 0.15) is 0 Å². The average Bonchev–Trinajstić information content (AvgIpc) is 2.17. The fourth-order valence-corrected chi connectivity index (χ4v) is 1.10. The van der Waals surface area contributed by atoms with E-state index in [1.54, 1.807) is 18.5 Å². The fourth-order valence-electron chi connectivity index (χ4n) is 1.10. The van der Waals surface area contributed by atoms with E-state index in [0.29, 0.717) is 0 Å². The Morgan fingerprint density at radius 2 is 2.25 bits per heavy atom. The van der Waals surface area contributed by atoms with Crippen LogP contribution in [0, 0.1) is 0 Å². The van der Waals surface area contributed by atoms with Crippen LogP contribution in [0.2, 0.25) is 0 Å². The van der Waals surface area contributed by atoms with Gasteiger partial charge in [-0.15, -0.1) is 0 Å². The average molecular weight is 156 g/mol. The molecule has 2 heterocycles. The van der Waals surface area contributed by atoms with Crippen LogP contribution >= 0.6 is 0 Å². The van der Waals surface area contributed by atoms with Crippen molar-refractivity contribution < 1.29 is 0 Å². The minimum atomic E-state index is 0.885. The summed E-state index contributed by atoms with van der Waals surface area (Å²) in [5.41, 5.74) is 1.80. The van der Waals surface area contributed by atoms with Gasteiger partial charge in [0, 0.05) is 11.6 Å². The molecule has 0 amide bonds. The van der Waals surface area contributed by atoms with Crippen LogP contribution in [-0.2, 0) is 0 Å². The van der Waals surface area contributed by atoms with Gasteiger partial charge in [0.15, 0.2) is 0 Å². The number of fused-ring (bicyclic) bond motifs is 1. The fraction of sp³-hybridized carbons (Fsp3) is 0. The minimum absolute atomic E-state index is 0.885. The number of rotatable bonds is 1. The second kappa shape index (κ2) is 2.74. The van der Waals surface area contributed by atoms with Crippen LogP contribution in [0.15, 0.2) is 37.2 Å².